The van der Waals surface area contributed by atoms with E-state index in [0.29, 0.717) is 0 Å². The van der Waals surface area contributed by atoms with Crippen molar-refractivity contribution >= 4 is 47.8 Å². The number of esters is 8. The molecule has 0 aromatic carbocycles. The van der Waals surface area contributed by atoms with Gasteiger partial charge in [0.1, 0.15) is 49.8 Å². The van der Waals surface area contributed by atoms with Crippen LogP contribution in [0, 0.1) is 0 Å². The maximum absolute atomic E-state index is 12.4. The van der Waals surface area contributed by atoms with Crippen molar-refractivity contribution in [1.29, 1.82) is 0 Å². The number of aliphatic hydroxyl groups excluding tert-OH is 3. The van der Waals surface area contributed by atoms with Gasteiger partial charge in [0, 0.05) is 55.4 Å². The maximum Gasteiger partial charge on any atom is 0.303 e. The molecule has 24 nitrogen and oxygen atoms in total. The molecule has 3 aliphatic rings. The highest BCUT2D eigenvalue weighted by atomic mass is 16.8. The van der Waals surface area contributed by atoms with Crippen LogP contribution in [-0.2, 0) is 99.9 Å². The van der Waals surface area contributed by atoms with Gasteiger partial charge in [-0.2, -0.15) is 0 Å². The molecule has 24 heteroatoms. The number of ether oxygens (including phenoxy) is 13. The molecule has 15 atom stereocenters. The highest BCUT2D eigenvalue weighted by molar-refractivity contribution is 5.70. The normalized spacial score (nSPS) is 34.6. The summed E-state index contributed by atoms with van der Waals surface area (Å²) in [5.74, 6) is -7.45. The number of rotatable bonds is 15. The molecule has 58 heavy (non-hydrogen) atoms. The van der Waals surface area contributed by atoms with Crippen molar-refractivity contribution < 1.29 is 115 Å². The van der Waals surface area contributed by atoms with Gasteiger partial charge in [-0.25, -0.2) is 0 Å². The lowest BCUT2D eigenvalue weighted by molar-refractivity contribution is -0.388. The highest BCUT2D eigenvalue weighted by Crippen LogP contribution is 2.37. The fraction of sp³-hybridized carbons (Fsp3) is 0.765. The zero-order valence-corrected chi connectivity index (χ0v) is 32.7. The fourth-order valence-electron chi connectivity index (χ4n) is 6.27. The van der Waals surface area contributed by atoms with Gasteiger partial charge in [0.05, 0.1) is 6.61 Å². The van der Waals surface area contributed by atoms with E-state index >= 15 is 0 Å². The minimum absolute atomic E-state index is 0.665. The predicted molar refractivity (Wildman–Crippen MR) is 178 cm³/mol. The Morgan fingerprint density at radius 2 is 0.741 bits per heavy atom. The van der Waals surface area contributed by atoms with Gasteiger partial charge < -0.3 is 76.9 Å². The van der Waals surface area contributed by atoms with Crippen LogP contribution in [0.5, 0.6) is 0 Å². The van der Waals surface area contributed by atoms with Crippen LogP contribution in [0.4, 0.5) is 0 Å². The molecule has 3 N–H and O–H groups in total. The Hall–Kier alpha value is -4.56. The first-order chi connectivity index (χ1) is 27.1. The zero-order valence-electron chi connectivity index (χ0n) is 32.7. The first kappa shape index (κ1) is 47.8. The van der Waals surface area contributed by atoms with Gasteiger partial charge in [0.25, 0.3) is 0 Å². The summed E-state index contributed by atoms with van der Waals surface area (Å²) < 4.78 is 72.0. The van der Waals surface area contributed by atoms with Crippen molar-refractivity contribution in [2.45, 2.75) is 148 Å². The monoisotopic (exact) mass is 840 g/mol. The summed E-state index contributed by atoms with van der Waals surface area (Å²) in [7, 11) is 0. The second-order valence-corrected chi connectivity index (χ2v) is 13.1. The SMILES string of the molecule is CC(=O)OC[C@H]1O[C@@H](O[C@@H]2[C@@H](O[C@@H]3O[C@H](COC(C)=O)[C@H](OC(C)=O)[C@H](OC(C)=O)[C@H]3OC(C)=O)[C@@H](O)[C@@H](CO)O[C@@H]2O)[C@H](OC(C)=O)[C@@H](OC(C)=O)[C@H]1OC(C)=O. The van der Waals surface area contributed by atoms with Gasteiger partial charge in [-0.1, -0.05) is 0 Å². The second kappa shape index (κ2) is 21.4. The molecular formula is C34H48O24. The summed E-state index contributed by atoms with van der Waals surface area (Å²) in [6.07, 6.45) is -27.1. The molecule has 0 spiro atoms. The van der Waals surface area contributed by atoms with E-state index in [9.17, 15) is 53.7 Å². The van der Waals surface area contributed by atoms with Crippen LogP contribution in [0.3, 0.4) is 0 Å². The predicted octanol–water partition coefficient (Wildman–Crippen LogP) is -3.01. The number of carbonyl (C=O) groups excluding carboxylic acids is 8. The van der Waals surface area contributed by atoms with Crippen LogP contribution in [0.25, 0.3) is 0 Å². The molecule has 0 aromatic rings. The van der Waals surface area contributed by atoms with E-state index in [2.05, 4.69) is 0 Å². The molecule has 3 heterocycles. The first-order valence-corrected chi connectivity index (χ1v) is 17.7. The van der Waals surface area contributed by atoms with Crippen molar-refractivity contribution in [2.24, 2.45) is 0 Å². The van der Waals surface area contributed by atoms with E-state index in [4.69, 9.17) is 61.6 Å². The van der Waals surface area contributed by atoms with E-state index in [1.54, 1.807) is 0 Å². The van der Waals surface area contributed by atoms with Gasteiger partial charge in [0.2, 0.25) is 0 Å². The molecule has 0 saturated carbocycles. The molecule has 0 aromatic heterocycles. The first-order valence-electron chi connectivity index (χ1n) is 17.7. The van der Waals surface area contributed by atoms with Gasteiger partial charge >= 0.3 is 47.8 Å². The Morgan fingerprint density at radius 1 is 0.414 bits per heavy atom. The third-order valence-corrected chi connectivity index (χ3v) is 8.30. The standard InChI is InChI=1S/C34H48O24/c1-12(36)46-10-21-24(48-14(3)38)27(50-16(5)40)30(52-18(7)42)33(55-21)57-26-23(44)20(9-35)54-32(45)29(26)58-34-31(53-19(8)43)28(51-17(6)41)25(49-15(4)39)22(56-34)11-47-13(2)37/h20-35,44-45H,9-11H2,1-8H3/t20-,21-,22-,23+,24+,25+,26+,27+,28+,29-,30-,31-,32+,33+,34+/m1/s1. The molecule has 0 unspecified atom stereocenters. The quantitative estimate of drug-likeness (QED) is 0.109. The Balaban J connectivity index is 2.17. The van der Waals surface area contributed by atoms with E-state index in [0.717, 1.165) is 55.4 Å². The summed E-state index contributed by atoms with van der Waals surface area (Å²) in [6, 6.07) is 0. The third-order valence-electron chi connectivity index (χ3n) is 8.30. The van der Waals surface area contributed by atoms with Gasteiger partial charge in [0.15, 0.2) is 55.5 Å². The van der Waals surface area contributed by atoms with Gasteiger partial charge in [-0.15, -0.1) is 0 Å². The molecule has 328 valence electrons. The summed E-state index contributed by atoms with van der Waals surface area (Å²) in [4.78, 5) is 97.5. The second-order valence-electron chi connectivity index (χ2n) is 13.1. The largest absolute Gasteiger partial charge is 0.463 e. The van der Waals surface area contributed by atoms with Crippen LogP contribution >= 0.6 is 0 Å². The van der Waals surface area contributed by atoms with E-state index in [1.807, 2.05) is 0 Å². The van der Waals surface area contributed by atoms with Crippen LogP contribution in [0.15, 0.2) is 0 Å². The lowest BCUT2D eigenvalue weighted by Gasteiger charge is -2.49. The Kier molecular flexibility index (Phi) is 17.7. The summed E-state index contributed by atoms with van der Waals surface area (Å²) in [5.41, 5.74) is 0. The van der Waals surface area contributed by atoms with Crippen LogP contribution in [0.1, 0.15) is 55.4 Å². The summed E-state index contributed by atoms with van der Waals surface area (Å²) in [6.45, 7) is 5.69. The molecule has 0 bridgehead atoms. The molecule has 3 aliphatic heterocycles. The molecule has 0 radical (unpaired) electrons. The van der Waals surface area contributed by atoms with Crippen LogP contribution in [0.2, 0.25) is 0 Å². The molecule has 0 amide bonds. The van der Waals surface area contributed by atoms with Crippen LogP contribution in [-0.4, -0.2) is 175 Å². The van der Waals surface area contributed by atoms with Crippen molar-refractivity contribution in [3.8, 4) is 0 Å². The maximum atomic E-state index is 12.4. The molecular weight excluding hydrogens is 792 g/mol. The molecule has 3 rings (SSSR count). The highest BCUT2D eigenvalue weighted by Gasteiger charge is 2.58. The number of aliphatic hydroxyl groups is 3. The van der Waals surface area contributed by atoms with Crippen molar-refractivity contribution in [3.05, 3.63) is 0 Å². The van der Waals surface area contributed by atoms with Crippen molar-refractivity contribution in [1.82, 2.24) is 0 Å². The van der Waals surface area contributed by atoms with E-state index in [-0.39, 0.29) is 0 Å². The average Bonchev–Trinajstić information content (AvgIpc) is 3.09. The molecule has 0 aliphatic carbocycles. The Bertz CT molecular complexity index is 1500. The molecule has 3 saturated heterocycles. The Labute approximate surface area is 330 Å². The smallest absolute Gasteiger partial charge is 0.303 e. The number of carbonyl (C=O) groups is 8. The third kappa shape index (κ3) is 13.2. The van der Waals surface area contributed by atoms with Crippen LogP contribution < -0.4 is 0 Å². The summed E-state index contributed by atoms with van der Waals surface area (Å²) in [5, 5.41) is 32.8. The van der Waals surface area contributed by atoms with E-state index in [1.165, 1.54) is 0 Å². The zero-order chi connectivity index (χ0) is 43.6. The minimum Gasteiger partial charge on any atom is -0.463 e. The van der Waals surface area contributed by atoms with Gasteiger partial charge in [-0.05, 0) is 0 Å². The minimum atomic E-state index is -2.18. The Morgan fingerprint density at radius 3 is 1.07 bits per heavy atom. The van der Waals surface area contributed by atoms with Crippen molar-refractivity contribution in [2.75, 3.05) is 19.8 Å². The van der Waals surface area contributed by atoms with E-state index < -0.39 is 160 Å². The molecule has 3 fully saturated rings. The fourth-order valence-corrected chi connectivity index (χ4v) is 6.27. The topological polar surface area (TPSA) is 317 Å². The lowest BCUT2D eigenvalue weighted by atomic mass is 9.95. The lowest BCUT2D eigenvalue weighted by Crippen LogP contribution is -2.68. The summed E-state index contributed by atoms with van der Waals surface area (Å²) >= 11 is 0. The number of hydrogen-bond acceptors (Lipinski definition) is 24. The number of hydrogen-bond donors (Lipinski definition) is 3. The van der Waals surface area contributed by atoms with Gasteiger partial charge in [-0.3, -0.25) is 38.4 Å². The average molecular weight is 841 g/mol. The van der Waals surface area contributed by atoms with Crippen molar-refractivity contribution in [3.63, 3.8) is 0 Å².